The number of aryl methyl sites for hydroxylation is 1. The molecule has 0 radical (unpaired) electrons. The van der Waals surface area contributed by atoms with Crippen molar-refractivity contribution in [2.24, 2.45) is 5.10 Å². The van der Waals surface area contributed by atoms with E-state index in [4.69, 9.17) is 11.6 Å². The monoisotopic (exact) mass is 389 g/mol. The Morgan fingerprint density at radius 3 is 2.44 bits per heavy atom. The van der Waals surface area contributed by atoms with Crippen molar-refractivity contribution in [1.29, 1.82) is 0 Å². The second-order valence-corrected chi connectivity index (χ2v) is 6.38. The summed E-state index contributed by atoms with van der Waals surface area (Å²) in [5, 5.41) is 26.3. The molecule has 2 amide bonds. The summed E-state index contributed by atoms with van der Waals surface area (Å²) < 4.78 is 0. The molecule has 0 fully saturated rings. The molecule has 2 aromatic carbocycles. The predicted molar refractivity (Wildman–Crippen MR) is 104 cm³/mol. The van der Waals surface area contributed by atoms with Gasteiger partial charge in [-0.05, 0) is 49.7 Å². The van der Waals surface area contributed by atoms with Crippen molar-refractivity contribution in [3.8, 4) is 11.5 Å². The van der Waals surface area contributed by atoms with Crippen LogP contribution in [-0.2, 0) is 9.59 Å². The molecule has 8 heteroatoms. The Morgan fingerprint density at radius 1 is 1.07 bits per heavy atom. The Kier molecular flexibility index (Phi) is 6.79. The fraction of sp³-hybridized carbons (Fsp3) is 0.211. The molecule has 0 saturated heterocycles. The molecular weight excluding hydrogens is 370 g/mol. The first kappa shape index (κ1) is 20.3. The predicted octanol–water partition coefficient (Wildman–Crippen LogP) is 3.32. The SMILES string of the molecule is CC(=NNC(=O)CCC(=O)Nc1ccc(Cl)cc1C)c1ccc(O)cc1O. The average molecular weight is 390 g/mol. The molecule has 0 spiro atoms. The van der Waals surface area contributed by atoms with Crippen LogP contribution in [0.25, 0.3) is 0 Å². The molecule has 2 rings (SSSR count). The van der Waals surface area contributed by atoms with Crippen molar-refractivity contribution < 1.29 is 19.8 Å². The summed E-state index contributed by atoms with van der Waals surface area (Å²) in [6, 6.07) is 9.18. The summed E-state index contributed by atoms with van der Waals surface area (Å²) in [4.78, 5) is 23.8. The average Bonchev–Trinajstić information content (AvgIpc) is 2.60. The standard InChI is InChI=1S/C19H20ClN3O4/c1-11-9-13(20)3-6-16(11)21-18(26)7-8-19(27)23-22-12(2)15-5-4-14(24)10-17(15)25/h3-6,9-10,24-25H,7-8H2,1-2H3,(H,21,26)(H,23,27). The van der Waals surface area contributed by atoms with Crippen molar-refractivity contribution in [3.63, 3.8) is 0 Å². The molecule has 2 aromatic rings. The van der Waals surface area contributed by atoms with Crippen LogP contribution in [0.4, 0.5) is 5.69 Å². The van der Waals surface area contributed by atoms with Crippen molar-refractivity contribution >= 4 is 34.8 Å². The van der Waals surface area contributed by atoms with E-state index in [1.54, 1.807) is 25.1 Å². The molecule has 0 heterocycles. The lowest BCUT2D eigenvalue weighted by molar-refractivity contribution is -0.124. The van der Waals surface area contributed by atoms with Crippen LogP contribution < -0.4 is 10.7 Å². The first-order valence-electron chi connectivity index (χ1n) is 8.17. The Balaban J connectivity index is 1.85. The summed E-state index contributed by atoms with van der Waals surface area (Å²) in [6.07, 6.45) is -0.0518. The van der Waals surface area contributed by atoms with Crippen LogP contribution in [0.1, 0.15) is 30.9 Å². The molecule has 0 aliphatic rings. The molecule has 0 aromatic heterocycles. The Hall–Kier alpha value is -3.06. The van der Waals surface area contributed by atoms with E-state index < -0.39 is 5.91 Å². The van der Waals surface area contributed by atoms with Crippen LogP contribution >= 0.6 is 11.6 Å². The summed E-state index contributed by atoms with van der Waals surface area (Å²) >= 11 is 5.87. The number of nitrogens with zero attached hydrogens (tertiary/aromatic N) is 1. The number of nitrogens with one attached hydrogen (secondary N) is 2. The number of anilines is 1. The molecule has 27 heavy (non-hydrogen) atoms. The molecule has 0 atom stereocenters. The normalized spacial score (nSPS) is 11.1. The molecule has 4 N–H and O–H groups in total. The Labute approximate surface area is 161 Å². The van der Waals surface area contributed by atoms with Gasteiger partial charge in [-0.25, -0.2) is 5.43 Å². The lowest BCUT2D eigenvalue weighted by atomic mass is 10.1. The van der Waals surface area contributed by atoms with Gasteiger partial charge in [-0.2, -0.15) is 5.10 Å². The molecular formula is C19H20ClN3O4. The van der Waals surface area contributed by atoms with Crippen LogP contribution in [0, 0.1) is 6.92 Å². The van der Waals surface area contributed by atoms with Crippen molar-refractivity contribution in [2.45, 2.75) is 26.7 Å². The van der Waals surface area contributed by atoms with Gasteiger partial charge in [0, 0.05) is 35.2 Å². The van der Waals surface area contributed by atoms with Gasteiger partial charge in [0.1, 0.15) is 11.5 Å². The molecule has 0 aliphatic carbocycles. The van der Waals surface area contributed by atoms with Crippen LogP contribution in [0.2, 0.25) is 5.02 Å². The molecule has 0 aliphatic heterocycles. The van der Waals surface area contributed by atoms with E-state index in [-0.39, 0.29) is 30.2 Å². The number of carbonyl (C=O) groups excluding carboxylic acids is 2. The lowest BCUT2D eigenvalue weighted by Crippen LogP contribution is -2.22. The van der Waals surface area contributed by atoms with E-state index in [2.05, 4.69) is 15.8 Å². The first-order chi connectivity index (χ1) is 12.8. The fourth-order valence-corrected chi connectivity index (χ4v) is 2.52. The summed E-state index contributed by atoms with van der Waals surface area (Å²) in [5.74, 6) is -0.957. The maximum Gasteiger partial charge on any atom is 0.240 e. The third-order valence-electron chi connectivity index (χ3n) is 3.76. The van der Waals surface area contributed by atoms with Crippen molar-refractivity contribution in [1.82, 2.24) is 5.43 Å². The highest BCUT2D eigenvalue weighted by molar-refractivity contribution is 6.30. The topological polar surface area (TPSA) is 111 Å². The van der Waals surface area contributed by atoms with Gasteiger partial charge in [-0.15, -0.1) is 0 Å². The summed E-state index contributed by atoms with van der Waals surface area (Å²) in [5.41, 5.74) is 4.55. The van der Waals surface area contributed by atoms with E-state index in [1.165, 1.54) is 18.2 Å². The smallest absolute Gasteiger partial charge is 0.240 e. The van der Waals surface area contributed by atoms with Gasteiger partial charge in [-0.3, -0.25) is 9.59 Å². The zero-order chi connectivity index (χ0) is 20.0. The summed E-state index contributed by atoms with van der Waals surface area (Å²) in [6.45, 7) is 3.42. The minimum Gasteiger partial charge on any atom is -0.508 e. The zero-order valence-electron chi connectivity index (χ0n) is 14.9. The zero-order valence-corrected chi connectivity index (χ0v) is 15.7. The Morgan fingerprint density at radius 2 is 1.78 bits per heavy atom. The van der Waals surface area contributed by atoms with Crippen LogP contribution in [0.3, 0.4) is 0 Å². The molecule has 0 unspecified atom stereocenters. The highest BCUT2D eigenvalue weighted by Gasteiger charge is 2.10. The van der Waals surface area contributed by atoms with E-state index in [1.807, 2.05) is 6.92 Å². The third-order valence-corrected chi connectivity index (χ3v) is 4.00. The quantitative estimate of drug-likeness (QED) is 0.448. The van der Waals surface area contributed by atoms with Crippen LogP contribution in [-0.4, -0.2) is 27.7 Å². The summed E-state index contributed by atoms with van der Waals surface area (Å²) in [7, 11) is 0. The van der Waals surface area contributed by atoms with Gasteiger partial charge in [0.05, 0.1) is 5.71 Å². The number of phenols is 2. The molecule has 7 nitrogen and oxygen atoms in total. The second kappa shape index (κ2) is 9.05. The van der Waals surface area contributed by atoms with Gasteiger partial charge in [0.25, 0.3) is 0 Å². The number of benzene rings is 2. The number of phenolic OH excluding ortho intramolecular Hbond substituents is 2. The Bertz CT molecular complexity index is 897. The minimum atomic E-state index is -0.435. The van der Waals surface area contributed by atoms with Crippen molar-refractivity contribution in [3.05, 3.63) is 52.5 Å². The second-order valence-electron chi connectivity index (χ2n) is 5.94. The van der Waals surface area contributed by atoms with E-state index >= 15 is 0 Å². The highest BCUT2D eigenvalue weighted by atomic mass is 35.5. The number of hydrogen-bond acceptors (Lipinski definition) is 5. The number of amides is 2. The van der Waals surface area contributed by atoms with Crippen LogP contribution in [0.15, 0.2) is 41.5 Å². The highest BCUT2D eigenvalue weighted by Crippen LogP contribution is 2.23. The largest absolute Gasteiger partial charge is 0.508 e. The van der Waals surface area contributed by atoms with E-state index in [0.717, 1.165) is 5.56 Å². The molecule has 142 valence electrons. The minimum absolute atomic E-state index is 0.00702. The maximum atomic E-state index is 12.0. The van der Waals surface area contributed by atoms with Crippen molar-refractivity contribution in [2.75, 3.05) is 5.32 Å². The van der Waals surface area contributed by atoms with Gasteiger partial charge < -0.3 is 15.5 Å². The van der Waals surface area contributed by atoms with E-state index in [9.17, 15) is 19.8 Å². The first-order valence-corrected chi connectivity index (χ1v) is 8.55. The number of carbonyl (C=O) groups is 2. The number of aromatic hydroxyl groups is 2. The number of halogens is 1. The number of rotatable bonds is 6. The van der Waals surface area contributed by atoms with E-state index in [0.29, 0.717) is 22.0 Å². The van der Waals surface area contributed by atoms with Gasteiger partial charge in [0.15, 0.2) is 0 Å². The van der Waals surface area contributed by atoms with Gasteiger partial charge >= 0.3 is 0 Å². The third kappa shape index (κ3) is 6.00. The van der Waals surface area contributed by atoms with Gasteiger partial charge in [0.2, 0.25) is 11.8 Å². The molecule has 0 saturated carbocycles. The molecule has 0 bridgehead atoms. The van der Waals surface area contributed by atoms with Gasteiger partial charge in [-0.1, -0.05) is 11.6 Å². The van der Waals surface area contributed by atoms with Crippen LogP contribution in [0.5, 0.6) is 11.5 Å². The number of hydrogen-bond donors (Lipinski definition) is 4. The fourth-order valence-electron chi connectivity index (χ4n) is 2.30. The maximum absolute atomic E-state index is 12.0. The number of hydrazone groups is 1. The lowest BCUT2D eigenvalue weighted by Gasteiger charge is -2.08.